The maximum Gasteiger partial charge on any atom is 0.410 e. The van der Waals surface area contributed by atoms with Crippen molar-refractivity contribution in [3.63, 3.8) is 0 Å². The van der Waals surface area contributed by atoms with Crippen LogP contribution in [0.15, 0.2) is 42.7 Å². The van der Waals surface area contributed by atoms with Gasteiger partial charge in [-0.15, -0.1) is 0 Å². The van der Waals surface area contributed by atoms with Crippen LogP contribution in [-0.2, 0) is 24.1 Å². The van der Waals surface area contributed by atoms with Gasteiger partial charge in [-0.3, -0.25) is 4.79 Å². The van der Waals surface area contributed by atoms with Gasteiger partial charge in [0.1, 0.15) is 17.2 Å². The van der Waals surface area contributed by atoms with Crippen molar-refractivity contribution in [2.24, 2.45) is 0 Å². The highest BCUT2D eigenvalue weighted by Crippen LogP contribution is 2.37. The molecular formula is C31H37N5O4. The van der Waals surface area contributed by atoms with E-state index >= 15 is 0 Å². The molecule has 5 rings (SSSR count). The van der Waals surface area contributed by atoms with Gasteiger partial charge in [0, 0.05) is 51.1 Å². The third kappa shape index (κ3) is 5.33. The number of hydrogen-bond donors (Lipinski definition) is 0. The van der Waals surface area contributed by atoms with Crippen LogP contribution in [0.3, 0.4) is 0 Å². The summed E-state index contributed by atoms with van der Waals surface area (Å²) in [6, 6.07) is 9.70. The van der Waals surface area contributed by atoms with Gasteiger partial charge in [0.05, 0.1) is 17.9 Å². The first-order valence-electron chi connectivity index (χ1n) is 13.8. The monoisotopic (exact) mass is 543 g/mol. The Balaban J connectivity index is 1.31. The highest BCUT2D eigenvalue weighted by atomic mass is 16.6. The lowest BCUT2D eigenvalue weighted by Crippen LogP contribution is -2.40. The number of rotatable bonds is 5. The minimum absolute atomic E-state index is 0.113. The summed E-state index contributed by atoms with van der Waals surface area (Å²) in [4.78, 5) is 40.7. The van der Waals surface area contributed by atoms with Gasteiger partial charge in [-0.2, -0.15) is 0 Å². The van der Waals surface area contributed by atoms with Crippen molar-refractivity contribution in [2.45, 2.75) is 59.6 Å². The summed E-state index contributed by atoms with van der Waals surface area (Å²) in [5, 5.41) is 0. The van der Waals surface area contributed by atoms with Gasteiger partial charge in [0.15, 0.2) is 5.82 Å². The molecule has 2 aromatic heterocycles. The average molecular weight is 544 g/mol. The van der Waals surface area contributed by atoms with Crippen LogP contribution in [0.2, 0.25) is 0 Å². The standard InChI is InChI=1S/C31H37N5O4/c1-7-36-27-23(29(37)34(6)25-9-8-14-32-28(25)36)17-21(18-33-27)13-16-39-26-11-10-20(2)24-19-35(15-12-22(24)26)30(38)40-31(3,4)5/h8-11,14,17-18H,7,12-13,15-16,19H2,1-6H3. The minimum atomic E-state index is -0.530. The van der Waals surface area contributed by atoms with E-state index in [1.807, 2.05) is 69.1 Å². The molecule has 3 aromatic rings. The Morgan fingerprint density at radius 1 is 1.10 bits per heavy atom. The van der Waals surface area contributed by atoms with E-state index in [0.29, 0.717) is 50.5 Å². The molecule has 1 aromatic carbocycles. The number of aromatic nitrogens is 2. The highest BCUT2D eigenvalue weighted by molar-refractivity contribution is 6.12. The first-order chi connectivity index (χ1) is 19.1. The summed E-state index contributed by atoms with van der Waals surface area (Å²) in [5.41, 5.74) is 5.08. The fourth-order valence-electron chi connectivity index (χ4n) is 5.25. The molecule has 0 fully saturated rings. The Kier molecular flexibility index (Phi) is 7.40. The number of fused-ring (bicyclic) bond motifs is 3. The third-order valence-electron chi connectivity index (χ3n) is 7.32. The molecule has 0 bridgehead atoms. The Hall–Kier alpha value is -4.14. The van der Waals surface area contributed by atoms with Gasteiger partial charge in [-0.05, 0) is 82.0 Å². The molecule has 0 atom stereocenters. The van der Waals surface area contributed by atoms with Crippen LogP contribution >= 0.6 is 0 Å². The van der Waals surface area contributed by atoms with Crippen molar-refractivity contribution >= 4 is 29.3 Å². The zero-order valence-electron chi connectivity index (χ0n) is 24.2. The molecule has 9 nitrogen and oxygen atoms in total. The number of pyridine rings is 2. The number of anilines is 3. The van der Waals surface area contributed by atoms with Gasteiger partial charge < -0.3 is 24.2 Å². The maximum atomic E-state index is 13.4. The molecule has 2 aliphatic rings. The molecular weight excluding hydrogens is 506 g/mol. The fourth-order valence-corrected chi connectivity index (χ4v) is 5.25. The van der Waals surface area contributed by atoms with Crippen LogP contribution < -0.4 is 14.5 Å². The van der Waals surface area contributed by atoms with E-state index in [1.165, 1.54) is 0 Å². The number of nitrogens with zero attached hydrogens (tertiary/aromatic N) is 5. The molecule has 0 N–H and O–H groups in total. The lowest BCUT2D eigenvalue weighted by atomic mass is 9.94. The molecule has 0 unspecified atom stereocenters. The van der Waals surface area contributed by atoms with E-state index < -0.39 is 5.60 Å². The molecule has 2 aliphatic heterocycles. The number of benzene rings is 1. The predicted octanol–water partition coefficient (Wildman–Crippen LogP) is 5.45. The number of hydrogen-bond acceptors (Lipinski definition) is 7. The number of carbonyl (C=O) groups excluding carboxylic acids is 2. The Morgan fingerprint density at radius 2 is 1.90 bits per heavy atom. The number of aryl methyl sites for hydroxylation is 1. The van der Waals surface area contributed by atoms with Crippen molar-refractivity contribution < 1.29 is 19.1 Å². The zero-order valence-corrected chi connectivity index (χ0v) is 24.2. The van der Waals surface area contributed by atoms with Crippen LogP contribution in [0.1, 0.15) is 60.3 Å². The first kappa shape index (κ1) is 27.4. The van der Waals surface area contributed by atoms with Crippen LogP contribution in [0.4, 0.5) is 22.1 Å². The summed E-state index contributed by atoms with van der Waals surface area (Å²) in [7, 11) is 1.77. The van der Waals surface area contributed by atoms with E-state index in [4.69, 9.17) is 14.5 Å². The maximum absolute atomic E-state index is 13.4. The number of ether oxygens (including phenoxy) is 2. The Bertz CT molecular complexity index is 1450. The van der Waals surface area contributed by atoms with E-state index in [1.54, 1.807) is 23.0 Å². The molecule has 0 saturated carbocycles. The van der Waals surface area contributed by atoms with Gasteiger partial charge in [-0.1, -0.05) is 6.07 Å². The van der Waals surface area contributed by atoms with Gasteiger partial charge >= 0.3 is 6.09 Å². The molecule has 2 amide bonds. The second-order valence-corrected chi connectivity index (χ2v) is 11.3. The van der Waals surface area contributed by atoms with Crippen LogP contribution in [-0.4, -0.2) is 59.2 Å². The Morgan fingerprint density at radius 3 is 2.65 bits per heavy atom. The molecule has 40 heavy (non-hydrogen) atoms. The number of amides is 2. The summed E-state index contributed by atoms with van der Waals surface area (Å²) in [6.45, 7) is 11.9. The van der Waals surface area contributed by atoms with Crippen LogP contribution in [0.25, 0.3) is 0 Å². The second-order valence-electron chi connectivity index (χ2n) is 11.3. The van der Waals surface area contributed by atoms with Crippen LogP contribution in [0.5, 0.6) is 5.75 Å². The summed E-state index contributed by atoms with van der Waals surface area (Å²) in [5.74, 6) is 2.06. The molecule has 0 saturated heterocycles. The summed E-state index contributed by atoms with van der Waals surface area (Å²) >= 11 is 0. The normalized spacial score (nSPS) is 14.8. The van der Waals surface area contributed by atoms with Crippen molar-refractivity contribution in [2.75, 3.05) is 36.5 Å². The molecule has 210 valence electrons. The van der Waals surface area contributed by atoms with Gasteiger partial charge in [0.25, 0.3) is 5.91 Å². The molecule has 0 radical (unpaired) electrons. The highest BCUT2D eigenvalue weighted by Gasteiger charge is 2.31. The average Bonchev–Trinajstić information content (AvgIpc) is 3.01. The fraction of sp³-hybridized carbons (Fsp3) is 0.419. The van der Waals surface area contributed by atoms with E-state index in [9.17, 15) is 9.59 Å². The van der Waals surface area contributed by atoms with Crippen molar-refractivity contribution in [3.8, 4) is 5.75 Å². The van der Waals surface area contributed by atoms with Crippen molar-refractivity contribution in [3.05, 3.63) is 70.5 Å². The molecule has 0 spiro atoms. The van der Waals surface area contributed by atoms with E-state index in [-0.39, 0.29) is 12.0 Å². The zero-order chi connectivity index (χ0) is 28.6. The number of carbonyl (C=O) groups is 2. The predicted molar refractivity (Wildman–Crippen MR) is 155 cm³/mol. The quantitative estimate of drug-likeness (QED) is 0.423. The molecule has 0 aliphatic carbocycles. The molecule has 9 heteroatoms. The van der Waals surface area contributed by atoms with Crippen molar-refractivity contribution in [1.29, 1.82) is 0 Å². The third-order valence-corrected chi connectivity index (χ3v) is 7.32. The lowest BCUT2D eigenvalue weighted by molar-refractivity contribution is 0.0222. The largest absolute Gasteiger partial charge is 0.493 e. The van der Waals surface area contributed by atoms with Crippen molar-refractivity contribution in [1.82, 2.24) is 14.9 Å². The lowest BCUT2D eigenvalue weighted by Gasteiger charge is -2.32. The first-order valence-corrected chi connectivity index (χ1v) is 13.8. The Labute approximate surface area is 235 Å². The van der Waals surface area contributed by atoms with Gasteiger partial charge in [0.2, 0.25) is 0 Å². The van der Waals surface area contributed by atoms with E-state index in [2.05, 4.69) is 11.9 Å². The van der Waals surface area contributed by atoms with Gasteiger partial charge in [-0.25, -0.2) is 14.8 Å². The smallest absolute Gasteiger partial charge is 0.410 e. The topological polar surface area (TPSA) is 88.1 Å². The molecule has 4 heterocycles. The SMILES string of the molecule is CCN1c2ncc(CCOc3ccc(C)c4c3CCN(C(=O)OC(C)(C)C)C4)cc2C(=O)N(C)c2cccnc21. The van der Waals surface area contributed by atoms with Crippen LogP contribution in [0, 0.1) is 6.92 Å². The second kappa shape index (κ2) is 10.8. The summed E-state index contributed by atoms with van der Waals surface area (Å²) < 4.78 is 11.9. The van der Waals surface area contributed by atoms with E-state index in [0.717, 1.165) is 39.5 Å². The minimum Gasteiger partial charge on any atom is -0.493 e. The summed E-state index contributed by atoms with van der Waals surface area (Å²) in [6.07, 6.45) is 4.56.